The molecule has 1 saturated carbocycles. The standard InChI is InChI=1S/C18H20FN3OS/c1-22-9-6-14-15(11-22)24-17(20-14)21-16(23)18(7-8-18)10-12-4-2-3-5-13(12)19/h2-5H,6-11H2,1H3,(H,20,21,23). The SMILES string of the molecule is CN1CCc2nc(NC(=O)C3(Cc4ccccc4F)CC3)sc2C1. The zero-order valence-corrected chi connectivity index (χ0v) is 14.5. The zero-order chi connectivity index (χ0) is 16.7. The van der Waals surface area contributed by atoms with Gasteiger partial charge in [0, 0.05) is 24.4 Å². The minimum Gasteiger partial charge on any atom is -0.301 e. The molecule has 4 rings (SSSR count). The third-order valence-electron chi connectivity index (χ3n) is 4.96. The summed E-state index contributed by atoms with van der Waals surface area (Å²) < 4.78 is 13.9. The van der Waals surface area contributed by atoms with Gasteiger partial charge in [-0.2, -0.15) is 0 Å². The van der Waals surface area contributed by atoms with E-state index in [-0.39, 0.29) is 11.7 Å². The molecule has 0 spiro atoms. The van der Waals surface area contributed by atoms with Crippen LogP contribution in [-0.2, 0) is 24.2 Å². The molecule has 0 unspecified atom stereocenters. The van der Waals surface area contributed by atoms with Gasteiger partial charge in [-0.15, -0.1) is 11.3 Å². The van der Waals surface area contributed by atoms with Crippen LogP contribution in [0, 0.1) is 11.2 Å². The van der Waals surface area contributed by atoms with Gasteiger partial charge in [0.1, 0.15) is 5.82 Å². The van der Waals surface area contributed by atoms with Crippen LogP contribution in [0.2, 0.25) is 0 Å². The van der Waals surface area contributed by atoms with Crippen LogP contribution in [0.4, 0.5) is 9.52 Å². The lowest BCUT2D eigenvalue weighted by Gasteiger charge is -2.20. The van der Waals surface area contributed by atoms with Crippen LogP contribution in [0.3, 0.4) is 0 Å². The van der Waals surface area contributed by atoms with E-state index in [4.69, 9.17) is 0 Å². The summed E-state index contributed by atoms with van der Waals surface area (Å²) >= 11 is 1.56. The lowest BCUT2D eigenvalue weighted by Crippen LogP contribution is -2.26. The highest BCUT2D eigenvalue weighted by molar-refractivity contribution is 7.15. The highest BCUT2D eigenvalue weighted by atomic mass is 32.1. The number of nitrogens with zero attached hydrogens (tertiary/aromatic N) is 2. The zero-order valence-electron chi connectivity index (χ0n) is 13.6. The Hall–Kier alpha value is -1.79. The normalized spacial score (nSPS) is 18.9. The van der Waals surface area contributed by atoms with Gasteiger partial charge >= 0.3 is 0 Å². The topological polar surface area (TPSA) is 45.2 Å². The maximum absolute atomic E-state index is 13.9. The van der Waals surface area contributed by atoms with Gasteiger partial charge in [0.2, 0.25) is 5.91 Å². The Labute approximate surface area is 144 Å². The molecule has 1 aromatic carbocycles. The van der Waals surface area contributed by atoms with Crippen LogP contribution < -0.4 is 5.32 Å². The summed E-state index contributed by atoms with van der Waals surface area (Å²) in [6.45, 7) is 1.89. The molecule has 126 valence electrons. The van der Waals surface area contributed by atoms with Crippen LogP contribution in [0.25, 0.3) is 0 Å². The Bertz CT molecular complexity index is 784. The number of anilines is 1. The van der Waals surface area contributed by atoms with Crippen molar-refractivity contribution in [3.05, 3.63) is 46.2 Å². The predicted octanol–water partition coefficient (Wildman–Crippen LogP) is 3.23. The first kappa shape index (κ1) is 15.7. The molecule has 1 amide bonds. The largest absolute Gasteiger partial charge is 0.301 e. The minimum absolute atomic E-state index is 0.0230. The van der Waals surface area contributed by atoms with Crippen LogP contribution in [0.1, 0.15) is 29.0 Å². The first-order valence-corrected chi connectivity index (χ1v) is 9.09. The molecular weight excluding hydrogens is 325 g/mol. The monoisotopic (exact) mass is 345 g/mol. The molecule has 0 bridgehead atoms. The van der Waals surface area contributed by atoms with Crippen LogP contribution in [0.15, 0.2) is 24.3 Å². The van der Waals surface area contributed by atoms with E-state index in [0.29, 0.717) is 17.1 Å². The number of aromatic nitrogens is 1. The molecular formula is C18H20FN3OS. The van der Waals surface area contributed by atoms with Crippen molar-refractivity contribution in [1.82, 2.24) is 9.88 Å². The molecule has 1 N–H and O–H groups in total. The highest BCUT2D eigenvalue weighted by Crippen LogP contribution is 2.49. The first-order chi connectivity index (χ1) is 11.6. The predicted molar refractivity (Wildman–Crippen MR) is 92.6 cm³/mol. The lowest BCUT2D eigenvalue weighted by atomic mass is 9.95. The Morgan fingerprint density at radius 3 is 2.96 bits per heavy atom. The van der Waals surface area contributed by atoms with Gasteiger partial charge in [-0.3, -0.25) is 4.79 Å². The molecule has 1 aromatic heterocycles. The Morgan fingerprint density at radius 2 is 2.21 bits per heavy atom. The van der Waals surface area contributed by atoms with Gasteiger partial charge in [-0.25, -0.2) is 9.37 Å². The van der Waals surface area contributed by atoms with E-state index in [1.54, 1.807) is 23.5 Å². The molecule has 0 saturated heterocycles. The van der Waals surface area contributed by atoms with Crippen LogP contribution in [-0.4, -0.2) is 29.4 Å². The Morgan fingerprint density at radius 1 is 1.42 bits per heavy atom. The third-order valence-corrected chi connectivity index (χ3v) is 5.96. The van der Waals surface area contributed by atoms with E-state index in [0.717, 1.165) is 38.0 Å². The van der Waals surface area contributed by atoms with E-state index >= 15 is 0 Å². The smallest absolute Gasteiger partial charge is 0.232 e. The summed E-state index contributed by atoms with van der Waals surface area (Å²) in [6.07, 6.45) is 3.00. The first-order valence-electron chi connectivity index (χ1n) is 8.28. The average Bonchev–Trinajstić information content (AvgIpc) is 3.23. The molecule has 24 heavy (non-hydrogen) atoms. The molecule has 2 aromatic rings. The molecule has 1 fully saturated rings. The number of benzene rings is 1. The molecule has 0 radical (unpaired) electrons. The third kappa shape index (κ3) is 2.96. The van der Waals surface area contributed by atoms with Crippen molar-refractivity contribution in [2.45, 2.75) is 32.2 Å². The van der Waals surface area contributed by atoms with E-state index in [9.17, 15) is 9.18 Å². The van der Waals surface area contributed by atoms with Crippen molar-refractivity contribution < 1.29 is 9.18 Å². The quantitative estimate of drug-likeness (QED) is 0.925. The molecule has 2 heterocycles. The number of rotatable bonds is 4. The van der Waals surface area contributed by atoms with Gasteiger partial charge in [0.15, 0.2) is 5.13 Å². The second-order valence-corrected chi connectivity index (χ2v) is 7.96. The number of amides is 1. The second-order valence-electron chi connectivity index (χ2n) is 6.88. The van der Waals surface area contributed by atoms with Crippen molar-refractivity contribution in [2.75, 3.05) is 18.9 Å². The summed E-state index contributed by atoms with van der Waals surface area (Å²) in [5.41, 5.74) is 1.25. The number of fused-ring (bicyclic) bond motifs is 1. The molecule has 1 aliphatic carbocycles. The number of thiazole rings is 1. The number of carbonyl (C=O) groups is 1. The summed E-state index contributed by atoms with van der Waals surface area (Å²) in [5, 5.41) is 3.66. The summed E-state index contributed by atoms with van der Waals surface area (Å²) in [7, 11) is 2.09. The van der Waals surface area contributed by atoms with E-state index < -0.39 is 5.41 Å². The summed E-state index contributed by atoms with van der Waals surface area (Å²) in [4.78, 5) is 20.8. The Kier molecular flexibility index (Phi) is 3.89. The maximum Gasteiger partial charge on any atom is 0.232 e. The number of likely N-dealkylation sites (N-methyl/N-ethyl adjacent to an activating group) is 1. The van der Waals surface area contributed by atoms with E-state index in [1.165, 1.54) is 10.9 Å². The van der Waals surface area contributed by atoms with Gasteiger partial charge in [-0.1, -0.05) is 18.2 Å². The van der Waals surface area contributed by atoms with Crippen molar-refractivity contribution >= 4 is 22.4 Å². The number of nitrogens with one attached hydrogen (secondary N) is 1. The minimum atomic E-state index is -0.467. The van der Waals surface area contributed by atoms with E-state index in [2.05, 4.69) is 22.2 Å². The molecule has 4 nitrogen and oxygen atoms in total. The van der Waals surface area contributed by atoms with Crippen LogP contribution in [0.5, 0.6) is 0 Å². The highest BCUT2D eigenvalue weighted by Gasteiger charge is 2.50. The van der Waals surface area contributed by atoms with Gasteiger partial charge in [0.25, 0.3) is 0 Å². The van der Waals surface area contributed by atoms with Gasteiger partial charge in [0.05, 0.1) is 11.1 Å². The fourth-order valence-corrected chi connectivity index (χ4v) is 4.33. The van der Waals surface area contributed by atoms with Crippen LogP contribution >= 0.6 is 11.3 Å². The molecule has 6 heteroatoms. The number of hydrogen-bond acceptors (Lipinski definition) is 4. The number of halogens is 1. The van der Waals surface area contributed by atoms with Gasteiger partial charge in [-0.05, 0) is 37.9 Å². The number of hydrogen-bond donors (Lipinski definition) is 1. The lowest BCUT2D eigenvalue weighted by molar-refractivity contribution is -0.121. The second kappa shape index (κ2) is 5.93. The van der Waals surface area contributed by atoms with Gasteiger partial charge < -0.3 is 10.2 Å². The average molecular weight is 345 g/mol. The molecule has 0 atom stereocenters. The number of carbonyl (C=O) groups excluding carboxylic acids is 1. The molecule has 2 aliphatic rings. The summed E-state index contributed by atoms with van der Waals surface area (Å²) in [5.74, 6) is -0.255. The fourth-order valence-electron chi connectivity index (χ4n) is 3.25. The van der Waals surface area contributed by atoms with Crippen molar-refractivity contribution in [3.63, 3.8) is 0 Å². The van der Waals surface area contributed by atoms with Crippen molar-refractivity contribution in [2.24, 2.45) is 5.41 Å². The Balaban J connectivity index is 1.47. The maximum atomic E-state index is 13.9. The fraction of sp³-hybridized carbons (Fsp3) is 0.444. The molecule has 1 aliphatic heterocycles. The van der Waals surface area contributed by atoms with E-state index in [1.807, 2.05) is 6.07 Å². The summed E-state index contributed by atoms with van der Waals surface area (Å²) in [6, 6.07) is 6.71. The van der Waals surface area contributed by atoms with Crippen molar-refractivity contribution in [3.8, 4) is 0 Å². The van der Waals surface area contributed by atoms with Crippen molar-refractivity contribution in [1.29, 1.82) is 0 Å².